The van der Waals surface area contributed by atoms with Gasteiger partial charge in [0.15, 0.2) is 0 Å². The fraction of sp³-hybridized carbons (Fsp3) is 0.615. The summed E-state index contributed by atoms with van der Waals surface area (Å²) < 4.78 is 20.3. The summed E-state index contributed by atoms with van der Waals surface area (Å²) in [5, 5.41) is 0. The van der Waals surface area contributed by atoms with Gasteiger partial charge in [-0.2, -0.15) is 0 Å². The fourth-order valence-electron chi connectivity index (χ4n) is 3.05. The van der Waals surface area contributed by atoms with Crippen molar-refractivity contribution < 1.29 is 38.1 Å². The second-order valence-corrected chi connectivity index (χ2v) is 9.66. The molecule has 0 bridgehead atoms. The maximum absolute atomic E-state index is 12.4. The summed E-state index contributed by atoms with van der Waals surface area (Å²) in [7, 11) is 1.23. The molecule has 0 N–H and O–H groups in total. The Morgan fingerprint density at radius 2 is 1.40 bits per heavy atom. The van der Waals surface area contributed by atoms with Crippen molar-refractivity contribution in [3.8, 4) is 0 Å². The van der Waals surface area contributed by atoms with E-state index in [-0.39, 0.29) is 36.1 Å². The van der Waals surface area contributed by atoms with Crippen LogP contribution in [-0.4, -0.2) is 62.3 Å². The Morgan fingerprint density at radius 1 is 0.800 bits per heavy atom. The quantitative estimate of drug-likeness (QED) is 0.165. The number of unbranched alkanes of at least 4 members (excludes halogenated alkanes) is 5. The van der Waals surface area contributed by atoms with Crippen LogP contribution in [0.3, 0.4) is 0 Å². The Morgan fingerprint density at radius 3 is 2.06 bits per heavy atom. The minimum atomic E-state index is -0.828. The standard InChI is InChI=1S/C26H38O8S/c1-5-6-7-8-9-12-15-32-22(27)18-35-19-26(2,3)25(30)34-17-16-33-24(29)21-14-11-10-13-20(21)23(28)31-4/h10-11,13-14H,5-9,12,15-19H2,1-4H3. The van der Waals surface area contributed by atoms with Crippen molar-refractivity contribution in [3.63, 3.8) is 0 Å². The molecule has 0 aromatic heterocycles. The number of carbonyl (C=O) groups is 4. The van der Waals surface area contributed by atoms with Gasteiger partial charge in [0, 0.05) is 5.75 Å². The highest BCUT2D eigenvalue weighted by molar-refractivity contribution is 7.99. The van der Waals surface area contributed by atoms with E-state index in [9.17, 15) is 19.2 Å². The number of benzene rings is 1. The van der Waals surface area contributed by atoms with Gasteiger partial charge in [-0.05, 0) is 32.4 Å². The topological polar surface area (TPSA) is 105 Å². The summed E-state index contributed by atoms with van der Waals surface area (Å²) in [6, 6.07) is 6.14. The molecule has 0 saturated heterocycles. The molecule has 0 radical (unpaired) electrons. The lowest BCUT2D eigenvalue weighted by molar-refractivity contribution is -0.153. The van der Waals surface area contributed by atoms with Gasteiger partial charge in [-0.15, -0.1) is 11.8 Å². The number of methoxy groups -OCH3 is 1. The third kappa shape index (κ3) is 12.1. The summed E-state index contributed by atoms with van der Waals surface area (Å²) in [6.07, 6.45) is 6.76. The first-order valence-corrected chi connectivity index (χ1v) is 13.1. The minimum absolute atomic E-state index is 0.0748. The maximum atomic E-state index is 12.4. The van der Waals surface area contributed by atoms with Gasteiger partial charge < -0.3 is 18.9 Å². The average Bonchev–Trinajstić information content (AvgIpc) is 2.85. The summed E-state index contributed by atoms with van der Waals surface area (Å²) >= 11 is 1.31. The molecular weight excluding hydrogens is 472 g/mol. The zero-order valence-electron chi connectivity index (χ0n) is 21.3. The highest BCUT2D eigenvalue weighted by atomic mass is 32.2. The van der Waals surface area contributed by atoms with Crippen molar-refractivity contribution in [2.45, 2.75) is 59.3 Å². The molecule has 1 aromatic rings. The number of rotatable bonds is 17. The van der Waals surface area contributed by atoms with E-state index in [0.29, 0.717) is 12.4 Å². The van der Waals surface area contributed by atoms with Crippen LogP contribution in [0.5, 0.6) is 0 Å². The number of esters is 4. The monoisotopic (exact) mass is 510 g/mol. The predicted octanol–water partition coefficient (Wildman–Crippen LogP) is 4.84. The van der Waals surface area contributed by atoms with Crippen LogP contribution in [-0.2, 0) is 28.5 Å². The fourth-order valence-corrected chi connectivity index (χ4v) is 4.03. The highest BCUT2D eigenvalue weighted by Gasteiger charge is 2.30. The molecule has 1 rings (SSSR count). The Balaban J connectivity index is 2.27. The first kappa shape index (κ1) is 30.5. The number of thioether (sulfide) groups is 1. The summed E-state index contributed by atoms with van der Waals surface area (Å²) in [4.78, 5) is 48.3. The van der Waals surface area contributed by atoms with Gasteiger partial charge in [-0.1, -0.05) is 51.2 Å². The van der Waals surface area contributed by atoms with Crippen LogP contribution < -0.4 is 0 Å². The second kappa shape index (κ2) is 17.0. The van der Waals surface area contributed by atoms with E-state index in [4.69, 9.17) is 14.2 Å². The third-order valence-corrected chi connectivity index (χ3v) is 6.46. The number of hydrogen-bond donors (Lipinski definition) is 0. The lowest BCUT2D eigenvalue weighted by Crippen LogP contribution is -2.31. The zero-order chi connectivity index (χ0) is 26.1. The molecule has 0 amide bonds. The molecule has 196 valence electrons. The van der Waals surface area contributed by atoms with Gasteiger partial charge in [0.05, 0.1) is 36.0 Å². The van der Waals surface area contributed by atoms with Crippen molar-refractivity contribution in [2.24, 2.45) is 5.41 Å². The van der Waals surface area contributed by atoms with E-state index >= 15 is 0 Å². The minimum Gasteiger partial charge on any atom is -0.465 e. The van der Waals surface area contributed by atoms with Gasteiger partial charge in [0.1, 0.15) is 13.2 Å². The van der Waals surface area contributed by atoms with E-state index in [0.717, 1.165) is 19.3 Å². The Kier molecular flexibility index (Phi) is 14.8. The smallest absolute Gasteiger partial charge is 0.339 e. The molecule has 0 unspecified atom stereocenters. The molecule has 0 aliphatic carbocycles. The highest BCUT2D eigenvalue weighted by Crippen LogP contribution is 2.24. The average molecular weight is 511 g/mol. The molecule has 1 aromatic carbocycles. The summed E-state index contributed by atoms with van der Waals surface area (Å²) in [6.45, 7) is 5.77. The predicted molar refractivity (Wildman–Crippen MR) is 134 cm³/mol. The maximum Gasteiger partial charge on any atom is 0.339 e. The summed E-state index contributed by atoms with van der Waals surface area (Å²) in [5.41, 5.74) is -0.655. The van der Waals surface area contributed by atoms with E-state index < -0.39 is 23.3 Å². The SMILES string of the molecule is CCCCCCCCOC(=O)CSCC(C)(C)C(=O)OCCOC(=O)c1ccccc1C(=O)OC. The van der Waals surface area contributed by atoms with Crippen molar-refractivity contribution in [1.29, 1.82) is 0 Å². The van der Waals surface area contributed by atoms with Crippen molar-refractivity contribution in [1.82, 2.24) is 0 Å². The van der Waals surface area contributed by atoms with Gasteiger partial charge in [0.25, 0.3) is 0 Å². The molecule has 9 heteroatoms. The molecular formula is C26H38O8S. The lowest BCUT2D eigenvalue weighted by atomic mass is 9.97. The first-order valence-electron chi connectivity index (χ1n) is 12.0. The summed E-state index contributed by atoms with van der Waals surface area (Å²) in [5.74, 6) is -1.55. The second-order valence-electron chi connectivity index (χ2n) is 8.67. The van der Waals surface area contributed by atoms with Crippen LogP contribution in [0.15, 0.2) is 24.3 Å². The van der Waals surface area contributed by atoms with Crippen LogP contribution >= 0.6 is 11.8 Å². The van der Waals surface area contributed by atoms with Crippen LogP contribution in [0, 0.1) is 5.41 Å². The molecule has 0 heterocycles. The normalized spacial score (nSPS) is 11.0. The van der Waals surface area contributed by atoms with Crippen molar-refractivity contribution in [3.05, 3.63) is 35.4 Å². The van der Waals surface area contributed by atoms with Gasteiger partial charge in [0.2, 0.25) is 0 Å². The van der Waals surface area contributed by atoms with Crippen LogP contribution in [0.4, 0.5) is 0 Å². The molecule has 35 heavy (non-hydrogen) atoms. The molecule has 0 spiro atoms. The largest absolute Gasteiger partial charge is 0.465 e. The van der Waals surface area contributed by atoms with E-state index in [1.54, 1.807) is 26.0 Å². The first-order chi connectivity index (χ1) is 16.7. The van der Waals surface area contributed by atoms with Crippen LogP contribution in [0.1, 0.15) is 80.0 Å². The molecule has 0 atom stereocenters. The number of ether oxygens (including phenoxy) is 4. The van der Waals surface area contributed by atoms with E-state index in [1.165, 1.54) is 50.3 Å². The Labute approximate surface area is 212 Å². The van der Waals surface area contributed by atoms with Crippen LogP contribution in [0.25, 0.3) is 0 Å². The Hall–Kier alpha value is -2.55. The molecule has 8 nitrogen and oxygen atoms in total. The Bertz CT molecular complexity index is 821. The molecule has 0 aliphatic rings. The third-order valence-electron chi connectivity index (χ3n) is 5.10. The van der Waals surface area contributed by atoms with Gasteiger partial charge in [-0.3, -0.25) is 9.59 Å². The lowest BCUT2D eigenvalue weighted by Gasteiger charge is -2.22. The van der Waals surface area contributed by atoms with E-state index in [2.05, 4.69) is 11.7 Å². The van der Waals surface area contributed by atoms with Crippen LogP contribution in [0.2, 0.25) is 0 Å². The molecule has 0 fully saturated rings. The molecule has 0 saturated carbocycles. The molecule has 0 aliphatic heterocycles. The van der Waals surface area contributed by atoms with Crippen molar-refractivity contribution in [2.75, 3.05) is 38.4 Å². The van der Waals surface area contributed by atoms with Crippen molar-refractivity contribution >= 4 is 35.6 Å². The van der Waals surface area contributed by atoms with Gasteiger partial charge in [-0.25, -0.2) is 9.59 Å². The zero-order valence-corrected chi connectivity index (χ0v) is 22.1. The van der Waals surface area contributed by atoms with Gasteiger partial charge >= 0.3 is 23.9 Å². The van der Waals surface area contributed by atoms with E-state index in [1.807, 2.05) is 0 Å². The number of hydrogen-bond acceptors (Lipinski definition) is 9. The number of carbonyl (C=O) groups excluding carboxylic acids is 4.